The predicted octanol–water partition coefficient (Wildman–Crippen LogP) is -1.27. The summed E-state index contributed by atoms with van der Waals surface area (Å²) >= 11 is -3.11. The van der Waals surface area contributed by atoms with Crippen LogP contribution in [0.2, 0.25) is 0 Å². The van der Waals surface area contributed by atoms with Crippen molar-refractivity contribution in [2.45, 2.75) is 6.92 Å². The molecule has 0 aliphatic rings. The fourth-order valence-corrected chi connectivity index (χ4v) is 0.907. The van der Waals surface area contributed by atoms with E-state index in [1.165, 1.54) is 5.56 Å². The van der Waals surface area contributed by atoms with Crippen LogP contribution in [0.4, 0.5) is 0 Å². The second kappa shape index (κ2) is 11.3. The summed E-state index contributed by atoms with van der Waals surface area (Å²) in [6, 6.07) is 7.96. The fourth-order valence-electron chi connectivity index (χ4n) is 0.907. The van der Waals surface area contributed by atoms with Crippen LogP contribution in [0.25, 0.3) is 6.08 Å². The minimum absolute atomic E-state index is 0. The summed E-state index contributed by atoms with van der Waals surface area (Å²) in [6.45, 7) is 2.00. The van der Waals surface area contributed by atoms with Crippen LogP contribution in [0.1, 0.15) is 12.5 Å². The van der Waals surface area contributed by atoms with Gasteiger partial charge in [-0.2, -0.15) is 0 Å². The van der Waals surface area contributed by atoms with Crippen molar-refractivity contribution in [3.8, 4) is 5.75 Å². The molecule has 0 aliphatic heterocycles. The average molecular weight is 251 g/mol. The van der Waals surface area contributed by atoms with Crippen molar-refractivity contribution in [1.29, 1.82) is 0 Å². The molecule has 0 N–H and O–H groups in total. The molecule has 0 saturated carbocycles. The molecule has 0 saturated heterocycles. The van der Waals surface area contributed by atoms with Crippen molar-refractivity contribution in [2.75, 3.05) is 7.11 Å². The Balaban J connectivity index is 0. The summed E-state index contributed by atoms with van der Waals surface area (Å²) in [6.07, 6.45) is 4.07. The third-order valence-corrected chi connectivity index (χ3v) is 1.47. The van der Waals surface area contributed by atoms with Crippen molar-refractivity contribution >= 4 is 17.4 Å². The monoisotopic (exact) mass is 251 g/mol. The molecule has 6 heteroatoms. The first-order valence-electron chi connectivity index (χ1n) is 4.13. The van der Waals surface area contributed by atoms with Gasteiger partial charge in [0.05, 0.1) is 7.11 Å². The largest absolute Gasteiger partial charge is 1.00 e. The minimum Gasteiger partial charge on any atom is -0.784 e. The molecular formula is C10H12NaO4S-. The summed E-state index contributed by atoms with van der Waals surface area (Å²) in [7, 11) is 1.67. The Morgan fingerprint density at radius 1 is 1.25 bits per heavy atom. The molecule has 0 amide bonds. The topological polar surface area (TPSA) is 72.4 Å². The van der Waals surface area contributed by atoms with Gasteiger partial charge in [0.2, 0.25) is 0 Å². The summed E-state index contributed by atoms with van der Waals surface area (Å²) in [5.41, 5.74) is 1.20. The summed E-state index contributed by atoms with van der Waals surface area (Å²) < 4.78 is 30.4. The van der Waals surface area contributed by atoms with Crippen LogP contribution in [0.3, 0.4) is 0 Å². The van der Waals surface area contributed by atoms with E-state index >= 15 is 0 Å². The van der Waals surface area contributed by atoms with Gasteiger partial charge in [0.1, 0.15) is 5.75 Å². The maximum absolute atomic E-state index is 8.44. The molecule has 0 bridgehead atoms. The van der Waals surface area contributed by atoms with Crippen LogP contribution in [0.5, 0.6) is 5.75 Å². The van der Waals surface area contributed by atoms with E-state index in [1.807, 2.05) is 37.3 Å². The molecule has 0 heterocycles. The smallest absolute Gasteiger partial charge is 0.784 e. The van der Waals surface area contributed by atoms with Crippen LogP contribution in [0, 0.1) is 0 Å². The molecule has 1 aromatic carbocycles. The van der Waals surface area contributed by atoms with E-state index in [4.69, 9.17) is 18.1 Å². The number of allylic oxidation sites excluding steroid dienone is 1. The van der Waals surface area contributed by atoms with E-state index in [9.17, 15) is 0 Å². The Morgan fingerprint density at radius 3 is 2.00 bits per heavy atom. The number of methoxy groups -OCH3 is 1. The quantitative estimate of drug-likeness (QED) is 0.485. The standard InChI is InChI=1S/C10H12O.Na.H2O3S/c1-3-4-9-5-7-10(11-2)8-6-9;;1-4(2)3/h3-8H,1-2H3;;(H2,1,2,3)/q;+1;/p-2/b4-3+;;. The molecule has 0 radical (unpaired) electrons. The number of ether oxygens (including phenoxy) is 1. The summed E-state index contributed by atoms with van der Waals surface area (Å²) in [4.78, 5) is 0. The van der Waals surface area contributed by atoms with E-state index < -0.39 is 11.4 Å². The van der Waals surface area contributed by atoms with E-state index in [1.54, 1.807) is 7.11 Å². The third kappa shape index (κ3) is 10.4. The van der Waals surface area contributed by atoms with Crippen LogP contribution >= 0.6 is 0 Å². The number of rotatable bonds is 2. The zero-order valence-corrected chi connectivity index (χ0v) is 12.3. The first kappa shape index (κ1) is 18.2. The summed E-state index contributed by atoms with van der Waals surface area (Å²) in [5.74, 6) is 0.901. The molecule has 1 rings (SSSR count). The Bertz CT molecular complexity index is 320. The van der Waals surface area contributed by atoms with Gasteiger partial charge < -0.3 is 13.8 Å². The molecule has 1 aromatic rings. The van der Waals surface area contributed by atoms with Crippen molar-refractivity contribution in [1.82, 2.24) is 0 Å². The molecule has 0 fully saturated rings. The van der Waals surface area contributed by atoms with Gasteiger partial charge in [0.25, 0.3) is 0 Å². The predicted molar refractivity (Wildman–Crippen MR) is 57.4 cm³/mol. The number of hydrogen-bond donors (Lipinski definition) is 0. The molecule has 16 heavy (non-hydrogen) atoms. The Kier molecular flexibility index (Phi) is 12.9. The molecule has 4 nitrogen and oxygen atoms in total. The van der Waals surface area contributed by atoms with Crippen LogP contribution in [0.15, 0.2) is 30.3 Å². The van der Waals surface area contributed by atoms with Crippen LogP contribution < -0.4 is 34.3 Å². The van der Waals surface area contributed by atoms with Crippen molar-refractivity contribution in [3.63, 3.8) is 0 Å². The van der Waals surface area contributed by atoms with E-state index in [0.29, 0.717) is 0 Å². The molecule has 0 unspecified atom stereocenters. The first-order chi connectivity index (χ1) is 7.10. The van der Waals surface area contributed by atoms with Gasteiger partial charge in [-0.3, -0.25) is 4.21 Å². The minimum atomic E-state index is -3.11. The van der Waals surface area contributed by atoms with Gasteiger partial charge in [-0.15, -0.1) is 11.4 Å². The zero-order valence-electron chi connectivity index (χ0n) is 9.51. The molecule has 84 valence electrons. The zero-order chi connectivity index (χ0) is 11.7. The maximum atomic E-state index is 8.44. The Hall–Kier alpha value is -0.170. The molecule has 0 spiro atoms. The molecule has 0 atom stereocenters. The first-order valence-corrected chi connectivity index (χ1v) is 5.13. The Morgan fingerprint density at radius 2 is 1.69 bits per heavy atom. The normalized spacial score (nSPS) is 9.31. The Labute approximate surface area is 120 Å². The van der Waals surface area contributed by atoms with Crippen molar-refractivity contribution in [3.05, 3.63) is 35.9 Å². The number of hydrogen-bond acceptors (Lipinski definition) is 4. The molecule has 0 aromatic heterocycles. The fraction of sp³-hybridized carbons (Fsp3) is 0.200. The SMILES string of the molecule is C/C=C/c1ccc(OC)cc1.O=S([O-])[O-].[Na+]. The summed E-state index contributed by atoms with van der Waals surface area (Å²) in [5, 5.41) is 0. The van der Waals surface area contributed by atoms with E-state index in [2.05, 4.69) is 6.08 Å². The maximum Gasteiger partial charge on any atom is 1.00 e. The van der Waals surface area contributed by atoms with Crippen LogP contribution in [-0.2, 0) is 11.4 Å². The van der Waals surface area contributed by atoms with Gasteiger partial charge in [-0.05, 0) is 24.6 Å². The van der Waals surface area contributed by atoms with E-state index in [0.717, 1.165) is 5.75 Å². The van der Waals surface area contributed by atoms with Gasteiger partial charge in [0, 0.05) is 0 Å². The average Bonchev–Trinajstić information content (AvgIpc) is 2.19. The second-order valence-electron chi connectivity index (χ2n) is 2.48. The van der Waals surface area contributed by atoms with Crippen molar-refractivity contribution in [2.24, 2.45) is 0 Å². The van der Waals surface area contributed by atoms with Gasteiger partial charge >= 0.3 is 29.6 Å². The number of benzene rings is 1. The molecular weight excluding hydrogens is 239 g/mol. The molecule has 0 aliphatic carbocycles. The van der Waals surface area contributed by atoms with Gasteiger partial charge in [0.15, 0.2) is 0 Å². The third-order valence-electron chi connectivity index (χ3n) is 1.47. The van der Waals surface area contributed by atoms with Crippen molar-refractivity contribution < 1.29 is 47.6 Å². The second-order valence-corrected chi connectivity index (χ2v) is 2.89. The van der Waals surface area contributed by atoms with Gasteiger partial charge in [-0.1, -0.05) is 24.3 Å². The van der Waals surface area contributed by atoms with E-state index in [-0.39, 0.29) is 29.6 Å². The van der Waals surface area contributed by atoms with Crippen LogP contribution in [-0.4, -0.2) is 20.4 Å². The van der Waals surface area contributed by atoms with Gasteiger partial charge in [-0.25, -0.2) is 0 Å².